The zero-order chi connectivity index (χ0) is 16.5. The first kappa shape index (κ1) is 15.5. The van der Waals surface area contributed by atoms with Gasteiger partial charge in [0.1, 0.15) is 12.1 Å². The summed E-state index contributed by atoms with van der Waals surface area (Å²) in [4.78, 5) is 10.3. The summed E-state index contributed by atoms with van der Waals surface area (Å²) >= 11 is 1.64. The van der Waals surface area contributed by atoms with E-state index in [-0.39, 0.29) is 0 Å². The van der Waals surface area contributed by atoms with Gasteiger partial charge < -0.3 is 9.73 Å². The number of nitrogens with one attached hydrogen (secondary N) is 1. The molecule has 0 bridgehead atoms. The van der Waals surface area contributed by atoms with Crippen molar-refractivity contribution >= 4 is 11.3 Å². The van der Waals surface area contributed by atoms with Gasteiger partial charge in [0.2, 0.25) is 5.89 Å². The van der Waals surface area contributed by atoms with Crippen LogP contribution in [-0.4, -0.2) is 25.8 Å². The van der Waals surface area contributed by atoms with E-state index in [9.17, 15) is 0 Å². The third-order valence-electron chi connectivity index (χ3n) is 4.25. The Morgan fingerprint density at radius 3 is 3.12 bits per heavy atom. The van der Waals surface area contributed by atoms with Crippen molar-refractivity contribution in [2.75, 3.05) is 0 Å². The number of hydrogen-bond donors (Lipinski definition) is 1. The monoisotopic (exact) mass is 343 g/mol. The minimum absolute atomic E-state index is 0.375. The van der Waals surface area contributed by atoms with Gasteiger partial charge in [-0.1, -0.05) is 19.9 Å². The Balaban J connectivity index is 1.37. The van der Waals surface area contributed by atoms with Gasteiger partial charge in [-0.2, -0.15) is 5.10 Å². The summed E-state index contributed by atoms with van der Waals surface area (Å²) in [5, 5.41) is 10.2. The van der Waals surface area contributed by atoms with Crippen molar-refractivity contribution in [1.29, 1.82) is 0 Å². The van der Waals surface area contributed by atoms with E-state index in [2.05, 4.69) is 38.9 Å². The van der Waals surface area contributed by atoms with E-state index in [1.165, 1.54) is 0 Å². The van der Waals surface area contributed by atoms with E-state index in [0.29, 0.717) is 24.4 Å². The number of oxazole rings is 1. The molecule has 0 spiro atoms. The molecule has 3 aromatic rings. The largest absolute Gasteiger partial charge is 0.444 e. The molecule has 0 saturated carbocycles. The van der Waals surface area contributed by atoms with Crippen molar-refractivity contribution < 1.29 is 4.42 Å². The average Bonchev–Trinajstić information content (AvgIpc) is 3.30. The molecule has 0 saturated heterocycles. The first-order valence-corrected chi connectivity index (χ1v) is 9.22. The van der Waals surface area contributed by atoms with Crippen LogP contribution < -0.4 is 5.32 Å². The molecule has 4 heterocycles. The van der Waals surface area contributed by atoms with Crippen LogP contribution in [-0.2, 0) is 19.5 Å². The molecule has 1 aliphatic rings. The van der Waals surface area contributed by atoms with Crippen LogP contribution in [0.15, 0.2) is 28.2 Å². The zero-order valence-corrected chi connectivity index (χ0v) is 14.7. The Morgan fingerprint density at radius 2 is 2.33 bits per heavy atom. The van der Waals surface area contributed by atoms with Crippen molar-refractivity contribution in [1.82, 2.24) is 25.1 Å². The molecule has 0 radical (unpaired) electrons. The molecule has 1 atom stereocenters. The third kappa shape index (κ3) is 3.14. The zero-order valence-electron chi connectivity index (χ0n) is 13.9. The van der Waals surface area contributed by atoms with E-state index in [0.717, 1.165) is 41.6 Å². The lowest BCUT2D eigenvalue weighted by Crippen LogP contribution is -2.37. The Morgan fingerprint density at radius 1 is 1.42 bits per heavy atom. The van der Waals surface area contributed by atoms with E-state index < -0.39 is 0 Å². The standard InChI is InChI=1S/C17H21N5OS/c1-11(2)16-20-15-6-5-12(9-22(15)21-16)18-8-13-10-23-17(19-13)14-4-3-7-24-14/h3-4,7,10-12,18H,5-6,8-9H2,1-2H3/t12-/m1/s1. The second kappa shape index (κ2) is 6.49. The van der Waals surface area contributed by atoms with E-state index in [4.69, 9.17) is 4.42 Å². The minimum atomic E-state index is 0.375. The first-order valence-electron chi connectivity index (χ1n) is 8.34. The molecule has 1 aliphatic heterocycles. The highest BCUT2D eigenvalue weighted by molar-refractivity contribution is 7.13. The van der Waals surface area contributed by atoms with Crippen molar-refractivity contribution in [3.05, 3.63) is 41.1 Å². The number of thiophene rings is 1. The minimum Gasteiger partial charge on any atom is -0.444 e. The van der Waals surface area contributed by atoms with Gasteiger partial charge in [-0.05, 0) is 17.9 Å². The number of fused-ring (bicyclic) bond motifs is 1. The summed E-state index contributed by atoms with van der Waals surface area (Å²) in [5.41, 5.74) is 0.936. The lowest BCUT2D eigenvalue weighted by molar-refractivity contribution is 0.356. The smallest absolute Gasteiger partial charge is 0.236 e. The van der Waals surface area contributed by atoms with Gasteiger partial charge in [-0.3, -0.25) is 0 Å². The maximum Gasteiger partial charge on any atom is 0.236 e. The fourth-order valence-electron chi connectivity index (χ4n) is 2.89. The van der Waals surface area contributed by atoms with Crippen LogP contribution in [0, 0.1) is 0 Å². The molecule has 1 N–H and O–H groups in total. The fourth-order valence-corrected chi connectivity index (χ4v) is 3.55. The predicted molar refractivity (Wildman–Crippen MR) is 92.9 cm³/mol. The predicted octanol–water partition coefficient (Wildman–Crippen LogP) is 3.22. The van der Waals surface area contributed by atoms with Gasteiger partial charge in [0.05, 0.1) is 17.1 Å². The van der Waals surface area contributed by atoms with Crippen LogP contribution in [0.25, 0.3) is 10.8 Å². The topological polar surface area (TPSA) is 68.8 Å². The van der Waals surface area contributed by atoms with E-state index >= 15 is 0 Å². The summed E-state index contributed by atoms with van der Waals surface area (Å²) in [6.45, 7) is 5.84. The quantitative estimate of drug-likeness (QED) is 0.770. The second-order valence-electron chi connectivity index (χ2n) is 6.46. The van der Waals surface area contributed by atoms with Gasteiger partial charge >= 0.3 is 0 Å². The summed E-state index contributed by atoms with van der Waals surface area (Å²) in [6, 6.07) is 4.42. The van der Waals surface area contributed by atoms with Gasteiger partial charge in [-0.15, -0.1) is 11.3 Å². The molecular formula is C17H21N5OS. The van der Waals surface area contributed by atoms with Crippen LogP contribution in [0.2, 0.25) is 0 Å². The highest BCUT2D eigenvalue weighted by Gasteiger charge is 2.22. The number of rotatable bonds is 5. The normalized spacial score (nSPS) is 17.4. The maximum atomic E-state index is 5.57. The van der Waals surface area contributed by atoms with Gasteiger partial charge in [0.15, 0.2) is 5.82 Å². The van der Waals surface area contributed by atoms with Crippen molar-refractivity contribution in [3.8, 4) is 10.8 Å². The average molecular weight is 343 g/mol. The fraction of sp³-hybridized carbons (Fsp3) is 0.471. The van der Waals surface area contributed by atoms with Crippen LogP contribution in [0.4, 0.5) is 0 Å². The number of aryl methyl sites for hydroxylation is 1. The Labute approximate surface area is 144 Å². The molecule has 3 aromatic heterocycles. The highest BCUT2D eigenvalue weighted by Crippen LogP contribution is 2.24. The summed E-state index contributed by atoms with van der Waals surface area (Å²) in [5.74, 6) is 3.13. The van der Waals surface area contributed by atoms with E-state index in [1.807, 2.05) is 17.5 Å². The summed E-state index contributed by atoms with van der Waals surface area (Å²) in [7, 11) is 0. The molecule has 7 heteroatoms. The number of nitrogens with zero attached hydrogens (tertiary/aromatic N) is 4. The summed E-state index contributed by atoms with van der Waals surface area (Å²) < 4.78 is 7.62. The number of hydrogen-bond acceptors (Lipinski definition) is 6. The van der Waals surface area contributed by atoms with Gasteiger partial charge in [0, 0.05) is 24.9 Å². The van der Waals surface area contributed by atoms with Crippen molar-refractivity contribution in [2.45, 2.75) is 51.7 Å². The van der Waals surface area contributed by atoms with Gasteiger partial charge in [-0.25, -0.2) is 14.6 Å². The molecule has 0 amide bonds. The molecule has 4 rings (SSSR count). The Bertz CT molecular complexity index is 805. The van der Waals surface area contributed by atoms with Crippen molar-refractivity contribution in [3.63, 3.8) is 0 Å². The SMILES string of the molecule is CC(C)c1nc2n(n1)C[C@H](NCc1coc(-c3cccs3)n1)CC2. The first-order chi connectivity index (χ1) is 11.7. The Hall–Kier alpha value is -1.99. The summed E-state index contributed by atoms with van der Waals surface area (Å²) in [6.07, 6.45) is 3.78. The molecular weight excluding hydrogens is 322 g/mol. The molecule has 0 fully saturated rings. The lowest BCUT2D eigenvalue weighted by Gasteiger charge is -2.23. The molecule has 6 nitrogen and oxygen atoms in total. The van der Waals surface area contributed by atoms with Gasteiger partial charge in [0.25, 0.3) is 0 Å². The molecule has 24 heavy (non-hydrogen) atoms. The van der Waals surface area contributed by atoms with Crippen LogP contribution in [0.5, 0.6) is 0 Å². The van der Waals surface area contributed by atoms with Crippen molar-refractivity contribution in [2.24, 2.45) is 0 Å². The molecule has 0 aromatic carbocycles. The highest BCUT2D eigenvalue weighted by atomic mass is 32.1. The van der Waals surface area contributed by atoms with Crippen LogP contribution >= 0.6 is 11.3 Å². The molecule has 0 aliphatic carbocycles. The third-order valence-corrected chi connectivity index (χ3v) is 5.10. The molecule has 0 unspecified atom stereocenters. The van der Waals surface area contributed by atoms with E-state index in [1.54, 1.807) is 17.6 Å². The lowest BCUT2D eigenvalue weighted by atomic mass is 10.1. The second-order valence-corrected chi connectivity index (χ2v) is 7.41. The van der Waals surface area contributed by atoms with Crippen LogP contribution in [0.1, 0.15) is 43.5 Å². The Kier molecular flexibility index (Phi) is 4.20. The number of aromatic nitrogens is 4. The van der Waals surface area contributed by atoms with Crippen LogP contribution in [0.3, 0.4) is 0 Å². The molecule has 126 valence electrons. The maximum absolute atomic E-state index is 5.57.